The van der Waals surface area contributed by atoms with Gasteiger partial charge >= 0.3 is 6.36 Å². The van der Waals surface area contributed by atoms with Crippen LogP contribution in [-0.4, -0.2) is 34.3 Å². The van der Waals surface area contributed by atoms with Gasteiger partial charge in [-0.1, -0.05) is 31.4 Å². The number of nitrogens with two attached hydrogens (primary N) is 1. The molecule has 43 heavy (non-hydrogen) atoms. The number of fused-ring (bicyclic) bond motifs is 1. The first-order valence-corrected chi connectivity index (χ1v) is 15.2. The molecule has 1 aromatic heterocycles. The Labute approximate surface area is 256 Å². The number of nitrogens with zero attached hydrogens (tertiary/aromatic N) is 1. The van der Waals surface area contributed by atoms with Gasteiger partial charge in [0.25, 0.3) is 15.9 Å². The van der Waals surface area contributed by atoms with Crippen molar-refractivity contribution in [1.82, 2.24) is 0 Å². The Kier molecular flexibility index (Phi) is 8.92. The normalized spacial score (nSPS) is 12.0. The van der Waals surface area contributed by atoms with Gasteiger partial charge in [-0.2, -0.15) is 0 Å². The second-order valence-corrected chi connectivity index (χ2v) is 13.4. The van der Waals surface area contributed by atoms with Gasteiger partial charge < -0.3 is 15.2 Å². The van der Waals surface area contributed by atoms with E-state index in [1.54, 1.807) is 45.0 Å². The Morgan fingerprint density at radius 1 is 1.02 bits per heavy atom. The molecule has 13 heteroatoms. The van der Waals surface area contributed by atoms with Crippen molar-refractivity contribution in [3.63, 3.8) is 0 Å². The molecule has 0 atom stereocenters. The van der Waals surface area contributed by atoms with Crippen LogP contribution < -0.4 is 19.5 Å². The molecule has 4 aromatic rings. The Hall–Kier alpha value is -3.92. The van der Waals surface area contributed by atoms with Crippen molar-refractivity contribution in [2.45, 2.75) is 37.4 Å². The van der Waals surface area contributed by atoms with Crippen LogP contribution in [0.15, 0.2) is 65.6 Å². The molecule has 0 aliphatic heterocycles. The van der Waals surface area contributed by atoms with Crippen molar-refractivity contribution in [2.75, 3.05) is 18.0 Å². The summed E-state index contributed by atoms with van der Waals surface area (Å²) < 4.78 is 78.1. The van der Waals surface area contributed by atoms with Crippen LogP contribution in [0, 0.1) is 11.8 Å². The number of ether oxygens (including phenoxy) is 2. The maximum atomic E-state index is 13.7. The summed E-state index contributed by atoms with van der Waals surface area (Å²) in [4.78, 5) is 11.9. The van der Waals surface area contributed by atoms with E-state index in [2.05, 4.69) is 16.6 Å². The summed E-state index contributed by atoms with van der Waals surface area (Å²) in [6, 6.07) is 14.6. The SMILES string of the molecule is CC#CCOc1cc(OC(F)(F)F)cc(C(C)(C)c2cc(Cl)cc(N(C)S(=O)(=O)c3ccc4sc(C(N)=O)cc4c3)c2)c1. The van der Waals surface area contributed by atoms with Crippen molar-refractivity contribution in [1.29, 1.82) is 0 Å². The molecule has 7 nitrogen and oxygen atoms in total. The summed E-state index contributed by atoms with van der Waals surface area (Å²) in [7, 11) is -2.74. The second-order valence-electron chi connectivity index (χ2n) is 9.93. The number of primary amides is 1. The fourth-order valence-corrected chi connectivity index (χ4v) is 6.62. The number of benzene rings is 3. The van der Waals surface area contributed by atoms with Crippen LogP contribution in [0.2, 0.25) is 5.02 Å². The fraction of sp³-hybridized carbons (Fsp3) is 0.233. The van der Waals surface area contributed by atoms with Gasteiger partial charge in [-0.3, -0.25) is 9.10 Å². The van der Waals surface area contributed by atoms with Crippen molar-refractivity contribution < 1.29 is 35.9 Å². The third-order valence-corrected chi connectivity index (χ3v) is 9.81. The van der Waals surface area contributed by atoms with Gasteiger partial charge in [0.2, 0.25) is 0 Å². The number of alkyl halides is 3. The van der Waals surface area contributed by atoms with Crippen molar-refractivity contribution in [3.8, 4) is 23.3 Å². The first-order chi connectivity index (χ1) is 20.0. The summed E-state index contributed by atoms with van der Waals surface area (Å²) in [6.07, 6.45) is -4.93. The smallest absolute Gasteiger partial charge is 0.481 e. The van der Waals surface area contributed by atoms with E-state index in [0.717, 1.165) is 21.7 Å². The van der Waals surface area contributed by atoms with E-state index in [1.165, 1.54) is 37.4 Å². The van der Waals surface area contributed by atoms with Gasteiger partial charge in [0.15, 0.2) is 0 Å². The Balaban J connectivity index is 1.75. The summed E-state index contributed by atoms with van der Waals surface area (Å²) in [5.74, 6) is 4.36. The van der Waals surface area contributed by atoms with Crippen LogP contribution >= 0.6 is 22.9 Å². The Bertz CT molecular complexity index is 1880. The topological polar surface area (TPSA) is 98.9 Å². The molecule has 1 heterocycles. The monoisotopic (exact) mass is 650 g/mol. The Morgan fingerprint density at radius 2 is 1.70 bits per heavy atom. The van der Waals surface area contributed by atoms with Crippen molar-refractivity contribution in [3.05, 3.63) is 81.7 Å². The number of carbonyl (C=O) groups excluding carboxylic acids is 1. The van der Waals surface area contributed by atoms with E-state index in [-0.39, 0.29) is 28.0 Å². The number of rotatable bonds is 9. The van der Waals surface area contributed by atoms with Gasteiger partial charge in [0.1, 0.15) is 18.1 Å². The average Bonchev–Trinajstić information content (AvgIpc) is 3.35. The first-order valence-electron chi connectivity index (χ1n) is 12.6. The number of sulfonamides is 1. The van der Waals surface area contributed by atoms with Crippen molar-refractivity contribution in [2.24, 2.45) is 5.73 Å². The minimum Gasteiger partial charge on any atom is -0.481 e. The molecule has 0 spiro atoms. The molecule has 0 saturated carbocycles. The quantitative estimate of drug-likeness (QED) is 0.195. The highest BCUT2D eigenvalue weighted by Gasteiger charge is 2.33. The van der Waals surface area contributed by atoms with Crippen LogP contribution in [0.25, 0.3) is 10.1 Å². The summed E-state index contributed by atoms with van der Waals surface area (Å²) in [5.41, 5.74) is 5.49. The lowest BCUT2D eigenvalue weighted by Gasteiger charge is -2.29. The van der Waals surface area contributed by atoms with Crippen molar-refractivity contribution >= 4 is 54.6 Å². The average molecular weight is 651 g/mol. The molecule has 0 saturated heterocycles. The number of hydrogen-bond acceptors (Lipinski definition) is 6. The van der Waals surface area contributed by atoms with Gasteiger partial charge in [-0.15, -0.1) is 30.4 Å². The molecule has 3 aromatic carbocycles. The number of amides is 1. The predicted molar refractivity (Wildman–Crippen MR) is 162 cm³/mol. The van der Waals surface area contributed by atoms with Gasteiger partial charge in [-0.25, -0.2) is 8.42 Å². The molecule has 1 amide bonds. The third kappa shape index (κ3) is 7.18. The highest BCUT2D eigenvalue weighted by molar-refractivity contribution is 7.92. The van der Waals surface area contributed by atoms with E-state index < -0.39 is 33.5 Å². The highest BCUT2D eigenvalue weighted by Crippen LogP contribution is 2.40. The van der Waals surface area contributed by atoms with E-state index in [1.807, 2.05) is 0 Å². The number of carbonyl (C=O) groups is 1. The number of hydrogen-bond donors (Lipinski definition) is 1. The number of anilines is 1. The van der Waals surface area contributed by atoms with Crippen LogP contribution in [0.5, 0.6) is 11.5 Å². The predicted octanol–water partition coefficient (Wildman–Crippen LogP) is 7.11. The lowest BCUT2D eigenvalue weighted by molar-refractivity contribution is -0.274. The maximum absolute atomic E-state index is 13.7. The summed E-state index contributed by atoms with van der Waals surface area (Å²) >= 11 is 7.61. The molecule has 0 bridgehead atoms. The van der Waals surface area contributed by atoms with Crippen LogP contribution in [0.4, 0.5) is 18.9 Å². The summed E-state index contributed by atoms with van der Waals surface area (Å²) in [5, 5.41) is 0.754. The zero-order chi connectivity index (χ0) is 31.7. The minimum atomic E-state index is -4.93. The molecule has 226 valence electrons. The van der Waals surface area contributed by atoms with Crippen LogP contribution in [0.3, 0.4) is 0 Å². The van der Waals surface area contributed by atoms with E-state index in [4.69, 9.17) is 22.1 Å². The minimum absolute atomic E-state index is 0.0222. The third-order valence-electron chi connectivity index (χ3n) is 6.68. The second kappa shape index (κ2) is 12.0. The van der Waals surface area contributed by atoms with Gasteiger partial charge in [0.05, 0.1) is 15.5 Å². The summed E-state index contributed by atoms with van der Waals surface area (Å²) in [6.45, 7) is 5.06. The molecule has 0 aliphatic rings. The lowest BCUT2D eigenvalue weighted by atomic mass is 9.78. The Morgan fingerprint density at radius 3 is 2.35 bits per heavy atom. The molecule has 2 N–H and O–H groups in total. The van der Waals surface area contributed by atoms with Gasteiger partial charge in [-0.05, 0) is 78.0 Å². The highest BCUT2D eigenvalue weighted by atomic mass is 35.5. The molecular weight excluding hydrogens is 625 g/mol. The zero-order valence-corrected chi connectivity index (χ0v) is 25.8. The maximum Gasteiger partial charge on any atom is 0.573 e. The lowest BCUT2D eigenvalue weighted by Crippen LogP contribution is -2.27. The molecule has 4 rings (SSSR count). The molecule has 0 aliphatic carbocycles. The molecule has 0 fully saturated rings. The standard InChI is InChI=1S/C30H26ClF3N2O5S2/c1-5-6-9-40-23-14-20(15-24(17-23)41-30(32,33)34)29(2,3)19-12-21(31)16-22(13-19)36(4)43(38,39)25-7-8-26-18(10-25)11-27(42-26)28(35)37/h7-8,10-17H,9H2,1-4H3,(H2,35,37). The molecule has 0 radical (unpaired) electrons. The van der Waals surface area contributed by atoms with E-state index >= 15 is 0 Å². The number of halogens is 4. The first kappa shape index (κ1) is 32.0. The van der Waals surface area contributed by atoms with E-state index in [0.29, 0.717) is 26.1 Å². The van der Waals surface area contributed by atoms with Crippen LogP contribution in [-0.2, 0) is 15.4 Å². The molecule has 0 unspecified atom stereocenters. The van der Waals surface area contributed by atoms with E-state index in [9.17, 15) is 26.4 Å². The largest absolute Gasteiger partial charge is 0.573 e. The zero-order valence-electron chi connectivity index (χ0n) is 23.4. The van der Waals surface area contributed by atoms with Gasteiger partial charge in [0, 0.05) is 28.3 Å². The molecular formula is C30H26ClF3N2O5S2. The number of thiophene rings is 1. The fourth-order valence-electron chi connectivity index (χ4n) is 4.28. The van der Waals surface area contributed by atoms with Crippen LogP contribution in [0.1, 0.15) is 41.6 Å².